The predicted molar refractivity (Wildman–Crippen MR) is 67.2 cm³/mol. The molecule has 0 saturated heterocycles. The molecule has 1 nitrogen and oxygen atoms in total. The molecule has 3 rings (SSSR count). The first-order valence-electron chi connectivity index (χ1n) is 5.94. The van der Waals surface area contributed by atoms with Crippen molar-refractivity contribution in [3.63, 3.8) is 0 Å². The van der Waals surface area contributed by atoms with Gasteiger partial charge in [-0.05, 0) is 38.2 Å². The Bertz CT molecular complexity index is 490. The van der Waals surface area contributed by atoms with Gasteiger partial charge in [0.1, 0.15) is 11.5 Å². The quantitative estimate of drug-likeness (QED) is 0.662. The molecule has 0 fully saturated rings. The van der Waals surface area contributed by atoms with Crippen LogP contribution in [0.4, 0.5) is 0 Å². The van der Waals surface area contributed by atoms with E-state index >= 15 is 0 Å². The van der Waals surface area contributed by atoms with Gasteiger partial charge >= 0.3 is 0 Å². The highest BCUT2D eigenvalue weighted by Crippen LogP contribution is 2.23. The standard InChI is InChI=1S/C14H16NS/c1-11-5-4-7-13(9-11)15-10-12-6-2-3-8-14(12)16-15/h4-5,7,9-10H,2-3,6,8H2,1H3/q+1. The van der Waals surface area contributed by atoms with Crippen molar-refractivity contribution in [2.24, 2.45) is 0 Å². The highest BCUT2D eigenvalue weighted by molar-refractivity contribution is 7.02. The number of hydrogen-bond donors (Lipinski definition) is 0. The first kappa shape index (κ1) is 10.0. The predicted octanol–water partition coefficient (Wildman–Crippen LogP) is 3.21. The zero-order chi connectivity index (χ0) is 11.0. The molecule has 0 aliphatic heterocycles. The zero-order valence-electron chi connectivity index (χ0n) is 9.57. The van der Waals surface area contributed by atoms with Gasteiger partial charge in [0.05, 0.1) is 4.88 Å². The number of aryl methyl sites for hydroxylation is 3. The van der Waals surface area contributed by atoms with Crippen LogP contribution in [0.15, 0.2) is 30.5 Å². The van der Waals surface area contributed by atoms with Crippen LogP contribution in [0.1, 0.15) is 28.8 Å². The lowest BCUT2D eigenvalue weighted by atomic mass is 10.0. The monoisotopic (exact) mass is 230 g/mol. The van der Waals surface area contributed by atoms with Gasteiger partial charge in [-0.3, -0.25) is 0 Å². The molecule has 0 N–H and O–H groups in total. The van der Waals surface area contributed by atoms with Crippen molar-refractivity contribution in [3.05, 3.63) is 46.5 Å². The molecule has 0 unspecified atom stereocenters. The van der Waals surface area contributed by atoms with Gasteiger partial charge in [0.15, 0.2) is 6.20 Å². The average Bonchev–Trinajstić information content (AvgIpc) is 2.72. The number of nitrogens with zero attached hydrogens (tertiary/aromatic N) is 1. The molecule has 82 valence electrons. The van der Waals surface area contributed by atoms with E-state index in [1.165, 1.54) is 36.9 Å². The van der Waals surface area contributed by atoms with E-state index in [2.05, 4.69) is 41.3 Å². The minimum absolute atomic E-state index is 1.27. The Morgan fingerprint density at radius 1 is 1.19 bits per heavy atom. The molecule has 0 saturated carbocycles. The largest absolute Gasteiger partial charge is 0.225 e. The van der Waals surface area contributed by atoms with E-state index < -0.39 is 0 Å². The van der Waals surface area contributed by atoms with Crippen molar-refractivity contribution in [1.29, 1.82) is 0 Å². The SMILES string of the molecule is Cc1cccc(-[n+]2cc3c(s2)CCCC3)c1. The van der Waals surface area contributed by atoms with Gasteiger partial charge in [-0.2, -0.15) is 0 Å². The minimum Gasteiger partial charge on any atom is -0.102 e. The molecule has 0 amide bonds. The van der Waals surface area contributed by atoms with Crippen LogP contribution in [0.25, 0.3) is 5.69 Å². The van der Waals surface area contributed by atoms with Crippen LogP contribution in [0.5, 0.6) is 0 Å². The van der Waals surface area contributed by atoms with Crippen LogP contribution < -0.4 is 3.96 Å². The summed E-state index contributed by atoms with van der Waals surface area (Å²) in [4.78, 5) is 1.59. The third kappa shape index (κ3) is 1.78. The van der Waals surface area contributed by atoms with Gasteiger partial charge in [-0.25, -0.2) is 0 Å². The van der Waals surface area contributed by atoms with Gasteiger partial charge in [-0.1, -0.05) is 12.1 Å². The summed E-state index contributed by atoms with van der Waals surface area (Å²) in [7, 11) is 0. The van der Waals surface area contributed by atoms with Gasteiger partial charge in [0, 0.05) is 17.7 Å². The molecule has 2 aromatic rings. The molecule has 0 spiro atoms. The molecule has 1 aliphatic rings. The molecule has 1 heterocycles. The number of rotatable bonds is 1. The molecular weight excluding hydrogens is 214 g/mol. The van der Waals surface area contributed by atoms with Crippen LogP contribution in [0, 0.1) is 6.92 Å². The number of benzene rings is 1. The first-order chi connectivity index (χ1) is 7.83. The van der Waals surface area contributed by atoms with E-state index in [0.717, 1.165) is 0 Å². The Kier molecular flexibility index (Phi) is 2.52. The lowest BCUT2D eigenvalue weighted by molar-refractivity contribution is -0.520. The number of hydrogen-bond acceptors (Lipinski definition) is 1. The van der Waals surface area contributed by atoms with Crippen molar-refractivity contribution in [1.82, 2.24) is 0 Å². The van der Waals surface area contributed by atoms with Crippen LogP contribution in [-0.2, 0) is 12.8 Å². The summed E-state index contributed by atoms with van der Waals surface area (Å²) in [6, 6.07) is 8.73. The molecular formula is C14H16NS+. The van der Waals surface area contributed by atoms with Crippen LogP contribution >= 0.6 is 11.5 Å². The van der Waals surface area contributed by atoms with Crippen LogP contribution in [0.3, 0.4) is 0 Å². The normalized spacial score (nSPS) is 14.8. The Morgan fingerprint density at radius 3 is 2.88 bits per heavy atom. The molecule has 0 atom stereocenters. The summed E-state index contributed by atoms with van der Waals surface area (Å²) >= 11 is 1.91. The summed E-state index contributed by atoms with van der Waals surface area (Å²) in [5, 5.41) is 0. The topological polar surface area (TPSA) is 3.88 Å². The van der Waals surface area contributed by atoms with Crippen LogP contribution in [0.2, 0.25) is 0 Å². The van der Waals surface area contributed by atoms with Gasteiger partial charge < -0.3 is 0 Å². The highest BCUT2D eigenvalue weighted by Gasteiger charge is 2.20. The third-order valence-corrected chi connectivity index (χ3v) is 4.40. The molecule has 2 heteroatoms. The van der Waals surface area contributed by atoms with Gasteiger partial charge in [0.2, 0.25) is 5.69 Å². The molecule has 1 aromatic carbocycles. The lowest BCUT2D eigenvalue weighted by Crippen LogP contribution is -2.23. The summed E-state index contributed by atoms with van der Waals surface area (Å²) < 4.78 is 2.32. The Hall–Kier alpha value is -1.15. The minimum atomic E-state index is 1.27. The van der Waals surface area contributed by atoms with Gasteiger partial charge in [-0.15, -0.1) is 3.96 Å². The Balaban J connectivity index is 2.03. The summed E-state index contributed by atoms with van der Waals surface area (Å²) in [5.74, 6) is 0. The Morgan fingerprint density at radius 2 is 2.06 bits per heavy atom. The maximum absolute atomic E-state index is 2.33. The first-order valence-corrected chi connectivity index (χ1v) is 6.71. The van der Waals surface area contributed by atoms with Crippen molar-refractivity contribution in [3.8, 4) is 5.69 Å². The second-order valence-electron chi connectivity index (χ2n) is 4.54. The molecule has 0 bridgehead atoms. The summed E-state index contributed by atoms with van der Waals surface area (Å²) in [6.45, 7) is 2.15. The van der Waals surface area contributed by atoms with Gasteiger partial charge in [0.25, 0.3) is 0 Å². The fraction of sp³-hybridized carbons (Fsp3) is 0.357. The smallest absolute Gasteiger partial charge is 0.102 e. The second kappa shape index (κ2) is 4.02. The molecule has 16 heavy (non-hydrogen) atoms. The van der Waals surface area contributed by atoms with E-state index in [4.69, 9.17) is 0 Å². The second-order valence-corrected chi connectivity index (χ2v) is 5.61. The average molecular weight is 230 g/mol. The molecule has 0 radical (unpaired) electrons. The molecule has 1 aliphatic carbocycles. The van der Waals surface area contributed by atoms with Crippen molar-refractivity contribution in [2.75, 3.05) is 0 Å². The fourth-order valence-electron chi connectivity index (χ4n) is 2.32. The third-order valence-electron chi connectivity index (χ3n) is 3.20. The van der Waals surface area contributed by atoms with E-state index in [1.807, 2.05) is 11.5 Å². The maximum Gasteiger partial charge on any atom is 0.225 e. The summed E-state index contributed by atoms with van der Waals surface area (Å²) in [6.07, 6.45) is 7.59. The fourth-order valence-corrected chi connectivity index (χ4v) is 3.46. The number of aromatic nitrogens is 1. The van der Waals surface area contributed by atoms with E-state index in [9.17, 15) is 0 Å². The van der Waals surface area contributed by atoms with Crippen molar-refractivity contribution < 1.29 is 3.96 Å². The van der Waals surface area contributed by atoms with E-state index in [1.54, 1.807) is 10.4 Å². The number of fused-ring (bicyclic) bond motifs is 1. The van der Waals surface area contributed by atoms with Crippen molar-refractivity contribution in [2.45, 2.75) is 32.6 Å². The lowest BCUT2D eigenvalue weighted by Gasteiger charge is -2.04. The molecule has 1 aromatic heterocycles. The maximum atomic E-state index is 2.33. The zero-order valence-corrected chi connectivity index (χ0v) is 10.4. The van der Waals surface area contributed by atoms with E-state index in [-0.39, 0.29) is 0 Å². The Labute approximate surface area is 101 Å². The summed E-state index contributed by atoms with van der Waals surface area (Å²) in [5.41, 5.74) is 4.20. The van der Waals surface area contributed by atoms with Crippen LogP contribution in [-0.4, -0.2) is 0 Å². The van der Waals surface area contributed by atoms with Crippen molar-refractivity contribution >= 4 is 11.5 Å². The highest BCUT2D eigenvalue weighted by atomic mass is 32.1. The van der Waals surface area contributed by atoms with E-state index in [0.29, 0.717) is 0 Å².